The molecule has 0 bridgehead atoms. The highest BCUT2D eigenvalue weighted by Crippen LogP contribution is 2.41. The third-order valence-corrected chi connectivity index (χ3v) is 2.98. The number of imide groups is 1. The van der Waals surface area contributed by atoms with Crippen LogP contribution in [-0.4, -0.2) is 46.6 Å². The summed E-state index contributed by atoms with van der Waals surface area (Å²) in [6.07, 6.45) is 1.83. The van der Waals surface area contributed by atoms with Crippen LogP contribution >= 0.6 is 0 Å². The molecule has 1 fully saturated rings. The first-order chi connectivity index (χ1) is 10.1. The lowest BCUT2D eigenvalue weighted by molar-refractivity contribution is -0.120. The Labute approximate surface area is 121 Å². The van der Waals surface area contributed by atoms with E-state index < -0.39 is 17.9 Å². The molecule has 1 aromatic rings. The van der Waals surface area contributed by atoms with Crippen molar-refractivity contribution in [2.75, 3.05) is 13.7 Å². The van der Waals surface area contributed by atoms with Gasteiger partial charge in [-0.3, -0.25) is 10.1 Å². The van der Waals surface area contributed by atoms with Crippen molar-refractivity contribution in [1.29, 1.82) is 0 Å². The number of hydrogen-bond acceptors (Lipinski definition) is 6. The molecule has 0 saturated heterocycles. The molecule has 0 aliphatic heterocycles. The number of nitrogens with zero attached hydrogens (tertiary/aromatic N) is 3. The van der Waals surface area contributed by atoms with Crippen LogP contribution in [0, 0.1) is 0 Å². The van der Waals surface area contributed by atoms with Crippen LogP contribution in [0.2, 0.25) is 0 Å². The Hall–Kier alpha value is -2.45. The molecule has 0 radical (unpaired) electrons. The van der Waals surface area contributed by atoms with Gasteiger partial charge in [0.05, 0.1) is 12.3 Å². The molecule has 0 unspecified atom stereocenters. The van der Waals surface area contributed by atoms with Crippen LogP contribution in [0.15, 0.2) is 0 Å². The summed E-state index contributed by atoms with van der Waals surface area (Å²) in [7, 11) is 1.41. The molecule has 9 heteroatoms. The molecule has 1 aliphatic carbocycles. The quantitative estimate of drug-likeness (QED) is 0.726. The first kappa shape index (κ1) is 14.9. The predicted molar refractivity (Wildman–Crippen MR) is 70.6 cm³/mol. The van der Waals surface area contributed by atoms with Crippen molar-refractivity contribution < 1.29 is 19.1 Å². The molecule has 0 atom stereocenters. The average molecular weight is 295 g/mol. The average Bonchev–Trinajstić information content (AvgIpc) is 3.20. The van der Waals surface area contributed by atoms with E-state index in [1.54, 1.807) is 6.92 Å². The van der Waals surface area contributed by atoms with Crippen molar-refractivity contribution >= 4 is 17.9 Å². The molecule has 2 N–H and O–H groups in total. The molecule has 21 heavy (non-hydrogen) atoms. The fraction of sp³-hybridized carbons (Fsp3) is 0.583. The summed E-state index contributed by atoms with van der Waals surface area (Å²) in [6.45, 7) is 1.77. The first-order valence-corrected chi connectivity index (χ1v) is 6.68. The molecule has 0 aromatic carbocycles. The Bertz CT molecular complexity index is 564. The molecule has 2 rings (SSSR count). The van der Waals surface area contributed by atoms with Gasteiger partial charge in [0.1, 0.15) is 6.54 Å². The van der Waals surface area contributed by atoms with E-state index in [0.29, 0.717) is 5.69 Å². The lowest BCUT2D eigenvalue weighted by Crippen LogP contribution is -2.39. The minimum Gasteiger partial charge on any atom is -0.461 e. The van der Waals surface area contributed by atoms with E-state index in [1.165, 1.54) is 11.7 Å². The van der Waals surface area contributed by atoms with Gasteiger partial charge in [-0.05, 0) is 19.8 Å². The van der Waals surface area contributed by atoms with Crippen LogP contribution in [0.25, 0.3) is 0 Å². The Kier molecular flexibility index (Phi) is 4.51. The van der Waals surface area contributed by atoms with Crippen LogP contribution < -0.4 is 10.6 Å². The molecule has 0 spiro atoms. The topological polar surface area (TPSA) is 115 Å². The SMILES string of the molecule is CCOC(=O)c1nnn(CC(=O)NC(=O)NC)c1C1CC1. The number of esters is 1. The molecule has 3 amide bonds. The maximum Gasteiger partial charge on any atom is 0.360 e. The van der Waals surface area contributed by atoms with Gasteiger partial charge in [0.15, 0.2) is 5.69 Å². The minimum absolute atomic E-state index is 0.145. The summed E-state index contributed by atoms with van der Waals surface area (Å²) in [5, 5.41) is 12.0. The van der Waals surface area contributed by atoms with Crippen molar-refractivity contribution in [2.24, 2.45) is 0 Å². The number of aromatic nitrogens is 3. The largest absolute Gasteiger partial charge is 0.461 e. The summed E-state index contributed by atoms with van der Waals surface area (Å²) in [5.74, 6) is -0.916. The van der Waals surface area contributed by atoms with E-state index in [9.17, 15) is 14.4 Å². The third-order valence-electron chi connectivity index (χ3n) is 2.98. The second-order valence-electron chi connectivity index (χ2n) is 4.60. The number of hydrogen-bond donors (Lipinski definition) is 2. The van der Waals surface area contributed by atoms with Crippen LogP contribution in [0.1, 0.15) is 41.9 Å². The fourth-order valence-electron chi connectivity index (χ4n) is 1.91. The first-order valence-electron chi connectivity index (χ1n) is 6.68. The van der Waals surface area contributed by atoms with Gasteiger partial charge in [0.25, 0.3) is 0 Å². The van der Waals surface area contributed by atoms with E-state index in [-0.39, 0.29) is 24.8 Å². The maximum atomic E-state index is 11.8. The Morgan fingerprint density at radius 2 is 2.10 bits per heavy atom. The molecule has 1 saturated carbocycles. The molecule has 9 nitrogen and oxygen atoms in total. The normalized spacial score (nSPS) is 13.6. The zero-order valence-electron chi connectivity index (χ0n) is 11.9. The number of carbonyl (C=O) groups is 3. The Morgan fingerprint density at radius 1 is 1.38 bits per heavy atom. The van der Waals surface area contributed by atoms with Gasteiger partial charge < -0.3 is 10.1 Å². The number of ether oxygens (including phenoxy) is 1. The zero-order chi connectivity index (χ0) is 15.4. The number of amides is 3. The van der Waals surface area contributed by atoms with Crippen molar-refractivity contribution in [1.82, 2.24) is 25.6 Å². The lowest BCUT2D eigenvalue weighted by atomic mass is 10.2. The second kappa shape index (κ2) is 6.33. The smallest absolute Gasteiger partial charge is 0.360 e. The van der Waals surface area contributed by atoms with Gasteiger partial charge in [-0.2, -0.15) is 0 Å². The standard InChI is InChI=1S/C12H17N5O4/c1-3-21-11(19)9-10(7-4-5-7)17(16-15-9)6-8(18)14-12(20)13-2/h7H,3-6H2,1-2H3,(H2,13,14,18,20). The Balaban J connectivity index is 2.14. The minimum atomic E-state index is -0.598. The van der Waals surface area contributed by atoms with Gasteiger partial charge in [-0.15, -0.1) is 5.10 Å². The van der Waals surface area contributed by atoms with Crippen LogP contribution in [0.4, 0.5) is 4.79 Å². The van der Waals surface area contributed by atoms with Crippen molar-refractivity contribution in [3.63, 3.8) is 0 Å². The van der Waals surface area contributed by atoms with E-state index >= 15 is 0 Å². The number of carbonyl (C=O) groups excluding carboxylic acids is 3. The van der Waals surface area contributed by atoms with E-state index in [4.69, 9.17) is 4.74 Å². The van der Waals surface area contributed by atoms with Gasteiger partial charge in [-0.1, -0.05) is 5.21 Å². The van der Waals surface area contributed by atoms with Crippen LogP contribution in [0.3, 0.4) is 0 Å². The van der Waals surface area contributed by atoms with Gasteiger partial charge in [0, 0.05) is 13.0 Å². The number of nitrogens with one attached hydrogen (secondary N) is 2. The molecule has 1 aromatic heterocycles. The highest BCUT2D eigenvalue weighted by atomic mass is 16.5. The van der Waals surface area contributed by atoms with E-state index in [1.807, 2.05) is 0 Å². The third kappa shape index (κ3) is 3.56. The van der Waals surface area contributed by atoms with Crippen molar-refractivity contribution in [3.8, 4) is 0 Å². The number of rotatable bonds is 5. The predicted octanol–water partition coefficient (Wildman–Crippen LogP) is -0.212. The monoisotopic (exact) mass is 295 g/mol. The Morgan fingerprint density at radius 3 is 2.67 bits per heavy atom. The maximum absolute atomic E-state index is 11.8. The zero-order valence-corrected chi connectivity index (χ0v) is 11.9. The van der Waals surface area contributed by atoms with E-state index in [2.05, 4.69) is 20.9 Å². The van der Waals surface area contributed by atoms with Gasteiger partial charge >= 0.3 is 12.0 Å². The van der Waals surface area contributed by atoms with Crippen LogP contribution in [-0.2, 0) is 16.1 Å². The molecule has 1 heterocycles. The van der Waals surface area contributed by atoms with E-state index in [0.717, 1.165) is 12.8 Å². The fourth-order valence-corrected chi connectivity index (χ4v) is 1.91. The summed E-state index contributed by atoms with van der Waals surface area (Å²) >= 11 is 0. The molecular formula is C12H17N5O4. The molecule has 1 aliphatic rings. The molecule has 114 valence electrons. The summed E-state index contributed by atoms with van der Waals surface area (Å²) in [4.78, 5) is 34.6. The summed E-state index contributed by atoms with van der Waals surface area (Å²) in [6, 6.07) is -0.598. The highest BCUT2D eigenvalue weighted by molar-refractivity contribution is 5.94. The summed E-state index contributed by atoms with van der Waals surface area (Å²) < 4.78 is 6.28. The highest BCUT2D eigenvalue weighted by Gasteiger charge is 2.34. The molecular weight excluding hydrogens is 278 g/mol. The van der Waals surface area contributed by atoms with Crippen molar-refractivity contribution in [3.05, 3.63) is 11.4 Å². The van der Waals surface area contributed by atoms with Crippen LogP contribution in [0.5, 0.6) is 0 Å². The van der Waals surface area contributed by atoms with Gasteiger partial charge in [-0.25, -0.2) is 14.3 Å². The number of urea groups is 1. The summed E-state index contributed by atoms with van der Waals surface area (Å²) in [5.41, 5.74) is 0.743. The second-order valence-corrected chi connectivity index (χ2v) is 4.60. The lowest BCUT2D eigenvalue weighted by Gasteiger charge is -2.07. The van der Waals surface area contributed by atoms with Crippen molar-refractivity contribution in [2.45, 2.75) is 32.2 Å². The van der Waals surface area contributed by atoms with Gasteiger partial charge in [0.2, 0.25) is 5.91 Å².